The molecule has 0 unspecified atom stereocenters. The van der Waals surface area contributed by atoms with Crippen LogP contribution in [0.4, 0.5) is 42.2 Å². The molecule has 2 heterocycles. The summed E-state index contributed by atoms with van der Waals surface area (Å²) >= 11 is 0. The molecule has 0 fully saturated rings. The van der Waals surface area contributed by atoms with Crippen LogP contribution in [0, 0.1) is 5.82 Å². The smallest absolute Gasteiger partial charge is 0.382 e. The molecule has 0 saturated carbocycles. The predicted octanol–water partition coefficient (Wildman–Crippen LogP) is 5.85. The number of nitrogens with zero attached hydrogens (tertiary/aromatic N) is 3. The maximum atomic E-state index is 14.1. The van der Waals surface area contributed by atoms with Crippen molar-refractivity contribution in [3.05, 3.63) is 76.5 Å². The number of amides is 1. The number of halogens is 7. The van der Waals surface area contributed by atoms with Crippen molar-refractivity contribution in [1.29, 1.82) is 0 Å². The maximum Gasteiger partial charge on any atom is 0.418 e. The van der Waals surface area contributed by atoms with Crippen LogP contribution in [0.2, 0.25) is 0 Å². The number of nitrogens with two attached hydrogens (primary N) is 1. The minimum atomic E-state index is -4.91. The number of aromatic nitrogens is 3. The summed E-state index contributed by atoms with van der Waals surface area (Å²) < 4.78 is 96.7. The van der Waals surface area contributed by atoms with Crippen LogP contribution in [-0.4, -0.2) is 20.4 Å². The number of carbonyl (C=O) groups is 1. The van der Waals surface area contributed by atoms with E-state index in [-0.39, 0.29) is 11.5 Å². The van der Waals surface area contributed by atoms with Crippen LogP contribution in [0.25, 0.3) is 16.7 Å². The summed E-state index contributed by atoms with van der Waals surface area (Å²) in [6.07, 6.45) is -7.25. The number of hydrogen-bond donors (Lipinski definition) is 2. The number of nitrogens with one attached hydrogen (secondary N) is 1. The van der Waals surface area contributed by atoms with Crippen molar-refractivity contribution < 1.29 is 35.5 Å². The Morgan fingerprint density at radius 2 is 1.76 bits per heavy atom. The van der Waals surface area contributed by atoms with Crippen molar-refractivity contribution in [2.75, 3.05) is 11.1 Å². The molecule has 3 N–H and O–H groups in total. The van der Waals surface area contributed by atoms with Crippen molar-refractivity contribution in [3.8, 4) is 5.69 Å². The molecule has 6 nitrogen and oxygen atoms in total. The summed E-state index contributed by atoms with van der Waals surface area (Å²) in [4.78, 5) is 20.7. The number of aryl methyl sites for hydroxylation is 1. The fourth-order valence-corrected chi connectivity index (χ4v) is 4.75. The zero-order valence-electron chi connectivity index (χ0n) is 19.3. The molecule has 0 spiro atoms. The summed E-state index contributed by atoms with van der Waals surface area (Å²) in [5.41, 5.74) is 5.12. The van der Waals surface area contributed by atoms with E-state index in [0.717, 1.165) is 29.8 Å². The number of rotatable bonds is 4. The molecule has 0 saturated heterocycles. The van der Waals surface area contributed by atoms with E-state index in [1.807, 2.05) is 0 Å². The molecule has 0 radical (unpaired) electrons. The zero-order valence-corrected chi connectivity index (χ0v) is 19.3. The van der Waals surface area contributed by atoms with E-state index in [0.29, 0.717) is 42.1 Å². The van der Waals surface area contributed by atoms with Crippen molar-refractivity contribution >= 4 is 28.4 Å². The van der Waals surface area contributed by atoms with Crippen LogP contribution in [0.3, 0.4) is 0 Å². The van der Waals surface area contributed by atoms with Crippen molar-refractivity contribution in [2.24, 2.45) is 0 Å². The largest absolute Gasteiger partial charge is 0.418 e. The first-order chi connectivity index (χ1) is 17.8. The number of anilines is 2. The lowest BCUT2D eigenvalue weighted by Crippen LogP contribution is -2.19. The predicted molar refractivity (Wildman–Crippen MR) is 124 cm³/mol. The fourth-order valence-electron chi connectivity index (χ4n) is 4.75. The lowest BCUT2D eigenvalue weighted by atomic mass is 10.1. The van der Waals surface area contributed by atoms with Crippen molar-refractivity contribution in [1.82, 2.24) is 14.5 Å². The van der Waals surface area contributed by atoms with E-state index in [9.17, 15) is 35.5 Å². The third-order valence-corrected chi connectivity index (χ3v) is 6.38. The van der Waals surface area contributed by atoms with E-state index in [1.165, 1.54) is 12.4 Å². The Morgan fingerprint density at radius 1 is 1.00 bits per heavy atom. The number of nitrogen functional groups attached to an aromatic ring is 1. The van der Waals surface area contributed by atoms with Gasteiger partial charge in [-0.1, -0.05) is 0 Å². The Kier molecular flexibility index (Phi) is 6.03. The van der Waals surface area contributed by atoms with Gasteiger partial charge in [0.2, 0.25) is 5.91 Å². The molecule has 0 atom stereocenters. The van der Waals surface area contributed by atoms with Gasteiger partial charge in [0.15, 0.2) is 5.82 Å². The Balaban J connectivity index is 1.52. The molecular weight excluding hydrogens is 519 g/mol. The molecule has 2 aromatic heterocycles. The Bertz CT molecular complexity index is 1570. The Morgan fingerprint density at radius 3 is 2.47 bits per heavy atom. The second-order valence-electron chi connectivity index (χ2n) is 8.83. The molecule has 1 aliphatic rings. The molecule has 38 heavy (non-hydrogen) atoms. The van der Waals surface area contributed by atoms with Gasteiger partial charge in [-0.25, -0.2) is 14.4 Å². The SMILES string of the molecule is Nc1ncnc2c3c(n(-c4ccc(NC(=O)Cc5cc(C(F)(F)F)ccc5F)c(C(F)(F)F)c4)c12)CCC3. The van der Waals surface area contributed by atoms with E-state index in [1.54, 1.807) is 4.57 Å². The highest BCUT2D eigenvalue weighted by Gasteiger charge is 2.36. The molecule has 0 bridgehead atoms. The summed E-state index contributed by atoms with van der Waals surface area (Å²) in [5, 5.41) is 2.06. The van der Waals surface area contributed by atoms with Gasteiger partial charge in [0.1, 0.15) is 17.7 Å². The Labute approximate surface area is 210 Å². The Hall–Kier alpha value is -4.16. The second-order valence-corrected chi connectivity index (χ2v) is 8.83. The highest BCUT2D eigenvalue weighted by molar-refractivity contribution is 5.94. The monoisotopic (exact) mass is 537 g/mol. The standard InChI is InChI=1S/C25H18F7N5O/c26-17-6-4-13(24(27,28)29)8-12(17)9-20(38)36-18-7-5-14(10-16(18)25(30,31)32)37-19-3-1-2-15(19)21-22(37)23(33)35-11-34-21/h4-8,10-11H,1-3,9H2,(H,36,38)(H2,33,34,35). The van der Waals surface area contributed by atoms with Gasteiger partial charge in [-0.15, -0.1) is 0 Å². The quantitative estimate of drug-likeness (QED) is 0.320. The molecule has 198 valence electrons. The molecule has 0 aliphatic heterocycles. The van der Waals surface area contributed by atoms with E-state index >= 15 is 0 Å². The molecule has 5 rings (SSSR count). The summed E-state index contributed by atoms with van der Waals surface area (Å²) in [5.74, 6) is -2.11. The third-order valence-electron chi connectivity index (χ3n) is 6.38. The van der Waals surface area contributed by atoms with Crippen LogP contribution in [-0.2, 0) is 36.4 Å². The topological polar surface area (TPSA) is 85.8 Å². The number of benzene rings is 2. The lowest BCUT2D eigenvalue weighted by Gasteiger charge is -2.18. The van der Waals surface area contributed by atoms with Gasteiger partial charge < -0.3 is 15.6 Å². The van der Waals surface area contributed by atoms with Crippen LogP contribution < -0.4 is 11.1 Å². The van der Waals surface area contributed by atoms with Gasteiger partial charge in [0.25, 0.3) is 0 Å². The van der Waals surface area contributed by atoms with Gasteiger partial charge in [-0.3, -0.25) is 4.79 Å². The first-order valence-electron chi connectivity index (χ1n) is 11.3. The second kappa shape index (κ2) is 8.99. The number of hydrogen-bond acceptors (Lipinski definition) is 4. The van der Waals surface area contributed by atoms with E-state index in [2.05, 4.69) is 15.3 Å². The minimum Gasteiger partial charge on any atom is -0.382 e. The summed E-state index contributed by atoms with van der Waals surface area (Å²) in [7, 11) is 0. The van der Waals surface area contributed by atoms with Crippen LogP contribution >= 0.6 is 0 Å². The molecule has 4 aromatic rings. The average molecular weight is 537 g/mol. The first-order valence-corrected chi connectivity index (χ1v) is 11.3. The molecule has 2 aromatic carbocycles. The van der Waals surface area contributed by atoms with Gasteiger partial charge in [0.05, 0.1) is 28.8 Å². The van der Waals surface area contributed by atoms with Crippen molar-refractivity contribution in [2.45, 2.75) is 38.0 Å². The zero-order chi connectivity index (χ0) is 27.4. The molecule has 13 heteroatoms. The van der Waals surface area contributed by atoms with Gasteiger partial charge in [-0.05, 0) is 66.8 Å². The molecule has 1 amide bonds. The minimum absolute atomic E-state index is 0.0958. The van der Waals surface area contributed by atoms with Crippen LogP contribution in [0.1, 0.15) is 34.4 Å². The van der Waals surface area contributed by atoms with Gasteiger partial charge >= 0.3 is 12.4 Å². The number of carbonyl (C=O) groups excluding carboxylic acids is 1. The fraction of sp³-hybridized carbons (Fsp3) is 0.240. The first kappa shape index (κ1) is 25.5. The summed E-state index contributed by atoms with van der Waals surface area (Å²) in [6.45, 7) is 0. The number of alkyl halides is 6. The third kappa shape index (κ3) is 4.52. The molecule has 1 aliphatic carbocycles. The van der Waals surface area contributed by atoms with Crippen LogP contribution in [0.15, 0.2) is 42.7 Å². The number of fused-ring (bicyclic) bond motifs is 3. The normalized spacial score (nSPS) is 13.7. The maximum absolute atomic E-state index is 14.1. The molecular formula is C25H18F7N5O. The highest BCUT2D eigenvalue weighted by Crippen LogP contribution is 2.40. The average Bonchev–Trinajstić information content (AvgIpc) is 3.41. The van der Waals surface area contributed by atoms with Crippen LogP contribution in [0.5, 0.6) is 0 Å². The van der Waals surface area contributed by atoms with Crippen molar-refractivity contribution in [3.63, 3.8) is 0 Å². The van der Waals surface area contributed by atoms with E-state index < -0.39 is 52.9 Å². The summed E-state index contributed by atoms with van der Waals surface area (Å²) in [6, 6.07) is 4.73. The van der Waals surface area contributed by atoms with Gasteiger partial charge in [-0.2, -0.15) is 26.3 Å². The highest BCUT2D eigenvalue weighted by atomic mass is 19.4. The van der Waals surface area contributed by atoms with E-state index in [4.69, 9.17) is 5.73 Å². The van der Waals surface area contributed by atoms with Gasteiger partial charge in [0, 0.05) is 11.4 Å². The lowest BCUT2D eigenvalue weighted by molar-refractivity contribution is -0.138.